The predicted molar refractivity (Wildman–Crippen MR) is 67.1 cm³/mol. The Labute approximate surface area is 102 Å². The SMILES string of the molecule is C[C@@H]1[C@@H]2[C@@H](C=NO)[C@@H]2CN1Cc1ccccc1. The summed E-state index contributed by atoms with van der Waals surface area (Å²) >= 11 is 0. The van der Waals surface area contributed by atoms with Crippen molar-refractivity contribution in [2.45, 2.75) is 19.5 Å². The molecule has 3 rings (SSSR count). The summed E-state index contributed by atoms with van der Waals surface area (Å²) in [6.45, 7) is 4.47. The van der Waals surface area contributed by atoms with Crippen LogP contribution in [0.2, 0.25) is 0 Å². The normalized spacial score (nSPS) is 36.3. The summed E-state index contributed by atoms with van der Waals surface area (Å²) in [6, 6.07) is 11.2. The summed E-state index contributed by atoms with van der Waals surface area (Å²) in [5, 5.41) is 11.8. The van der Waals surface area contributed by atoms with Gasteiger partial charge in [0.05, 0.1) is 0 Å². The van der Waals surface area contributed by atoms with Crippen molar-refractivity contribution in [1.82, 2.24) is 4.90 Å². The summed E-state index contributed by atoms with van der Waals surface area (Å²) in [5.74, 6) is 1.93. The number of fused-ring (bicyclic) bond motifs is 1. The molecular weight excluding hydrogens is 212 g/mol. The molecule has 3 nitrogen and oxygen atoms in total. The van der Waals surface area contributed by atoms with Crippen molar-refractivity contribution < 1.29 is 5.21 Å². The molecule has 2 fully saturated rings. The second-order valence-corrected chi connectivity index (χ2v) is 5.24. The van der Waals surface area contributed by atoms with Gasteiger partial charge >= 0.3 is 0 Å². The van der Waals surface area contributed by atoms with E-state index in [1.54, 1.807) is 6.21 Å². The minimum absolute atomic E-state index is 0.516. The van der Waals surface area contributed by atoms with Crippen LogP contribution in [0, 0.1) is 17.8 Å². The molecule has 0 aromatic heterocycles. The highest BCUT2D eigenvalue weighted by atomic mass is 16.4. The number of hydrogen-bond donors (Lipinski definition) is 1. The smallest absolute Gasteiger partial charge is 0.0473 e. The lowest BCUT2D eigenvalue weighted by Crippen LogP contribution is -2.32. The van der Waals surface area contributed by atoms with Gasteiger partial charge in [-0.2, -0.15) is 0 Å². The highest BCUT2D eigenvalue weighted by Gasteiger charge is 2.58. The molecule has 0 amide bonds. The Kier molecular flexibility index (Phi) is 2.63. The molecule has 1 aliphatic carbocycles. The standard InChI is InChI=1S/C14H18N2O/c1-10-14-12(7-15-17)13(14)9-16(10)8-11-5-3-2-4-6-11/h2-7,10,12-14,17H,8-9H2,1H3/t10-,12+,13+,14-/m1/s1. The summed E-state index contributed by atoms with van der Waals surface area (Å²) < 4.78 is 0. The van der Waals surface area contributed by atoms with Crippen molar-refractivity contribution in [2.75, 3.05) is 6.54 Å². The zero-order valence-corrected chi connectivity index (χ0v) is 10.0. The van der Waals surface area contributed by atoms with Crippen LogP contribution in [0.4, 0.5) is 0 Å². The highest BCUT2D eigenvalue weighted by Crippen LogP contribution is 2.54. The van der Waals surface area contributed by atoms with Gasteiger partial charge in [0.1, 0.15) is 0 Å². The molecule has 2 aliphatic rings. The van der Waals surface area contributed by atoms with E-state index in [0.717, 1.165) is 13.1 Å². The van der Waals surface area contributed by atoms with Gasteiger partial charge in [0.25, 0.3) is 0 Å². The molecule has 0 spiro atoms. The molecule has 90 valence electrons. The van der Waals surface area contributed by atoms with Crippen molar-refractivity contribution in [3.8, 4) is 0 Å². The fourth-order valence-corrected chi connectivity index (χ4v) is 3.34. The van der Waals surface area contributed by atoms with Crippen LogP contribution < -0.4 is 0 Å². The number of oxime groups is 1. The van der Waals surface area contributed by atoms with Crippen LogP contribution >= 0.6 is 0 Å². The molecule has 4 atom stereocenters. The largest absolute Gasteiger partial charge is 0.411 e. The Balaban J connectivity index is 1.62. The Morgan fingerprint density at radius 1 is 1.41 bits per heavy atom. The maximum atomic E-state index is 8.58. The van der Waals surface area contributed by atoms with E-state index >= 15 is 0 Å². The Morgan fingerprint density at radius 2 is 2.18 bits per heavy atom. The first kappa shape index (κ1) is 10.8. The van der Waals surface area contributed by atoms with Crippen LogP contribution in [0.15, 0.2) is 35.5 Å². The van der Waals surface area contributed by atoms with Crippen LogP contribution in [-0.2, 0) is 6.54 Å². The van der Waals surface area contributed by atoms with Gasteiger partial charge in [0.2, 0.25) is 0 Å². The highest BCUT2D eigenvalue weighted by molar-refractivity contribution is 5.66. The van der Waals surface area contributed by atoms with Gasteiger partial charge in [0.15, 0.2) is 0 Å². The number of piperidine rings is 1. The second-order valence-electron chi connectivity index (χ2n) is 5.24. The van der Waals surface area contributed by atoms with Crippen molar-refractivity contribution in [1.29, 1.82) is 0 Å². The fourth-order valence-electron chi connectivity index (χ4n) is 3.34. The first-order valence-electron chi connectivity index (χ1n) is 6.27. The van der Waals surface area contributed by atoms with E-state index in [9.17, 15) is 0 Å². The third-order valence-corrected chi connectivity index (χ3v) is 4.34. The molecule has 3 heteroatoms. The van der Waals surface area contributed by atoms with E-state index in [4.69, 9.17) is 5.21 Å². The average Bonchev–Trinajstić information content (AvgIpc) is 2.91. The summed E-state index contributed by atoms with van der Waals surface area (Å²) in [7, 11) is 0. The number of likely N-dealkylation sites (tertiary alicyclic amines) is 1. The zero-order chi connectivity index (χ0) is 11.8. The monoisotopic (exact) mass is 230 g/mol. The number of benzene rings is 1. The summed E-state index contributed by atoms with van der Waals surface area (Å²) in [6.07, 6.45) is 1.71. The van der Waals surface area contributed by atoms with Gasteiger partial charge in [-0.1, -0.05) is 30.3 Å². The molecule has 0 radical (unpaired) electrons. The van der Waals surface area contributed by atoms with Gasteiger partial charge in [-0.3, -0.25) is 4.90 Å². The van der Waals surface area contributed by atoms with Crippen LogP contribution in [0.5, 0.6) is 0 Å². The first-order chi connectivity index (χ1) is 8.31. The zero-order valence-electron chi connectivity index (χ0n) is 10.0. The Bertz CT molecular complexity index is 417. The van der Waals surface area contributed by atoms with Crippen LogP contribution in [0.3, 0.4) is 0 Å². The lowest BCUT2D eigenvalue weighted by atomic mass is 10.1. The van der Waals surface area contributed by atoms with Crippen LogP contribution in [0.25, 0.3) is 0 Å². The molecule has 1 aromatic carbocycles. The molecular formula is C14H18N2O. The quantitative estimate of drug-likeness (QED) is 0.491. The third-order valence-electron chi connectivity index (χ3n) is 4.34. The van der Waals surface area contributed by atoms with Crippen molar-refractivity contribution in [2.24, 2.45) is 22.9 Å². The van der Waals surface area contributed by atoms with Crippen molar-refractivity contribution in [3.63, 3.8) is 0 Å². The number of rotatable bonds is 3. The van der Waals surface area contributed by atoms with E-state index in [1.807, 2.05) is 0 Å². The number of nitrogens with zero attached hydrogens (tertiary/aromatic N) is 2. The van der Waals surface area contributed by atoms with E-state index < -0.39 is 0 Å². The van der Waals surface area contributed by atoms with Crippen molar-refractivity contribution in [3.05, 3.63) is 35.9 Å². The molecule has 17 heavy (non-hydrogen) atoms. The van der Waals surface area contributed by atoms with Crippen molar-refractivity contribution >= 4 is 6.21 Å². The van der Waals surface area contributed by atoms with Gasteiger partial charge < -0.3 is 5.21 Å². The van der Waals surface area contributed by atoms with Gasteiger partial charge in [-0.15, -0.1) is 5.16 Å². The molecule has 1 saturated heterocycles. The number of hydrogen-bond acceptors (Lipinski definition) is 3. The average molecular weight is 230 g/mol. The molecule has 1 aromatic rings. The first-order valence-corrected chi connectivity index (χ1v) is 6.27. The molecule has 1 heterocycles. The predicted octanol–water partition coefficient (Wildman–Crippen LogP) is 2.21. The maximum absolute atomic E-state index is 8.58. The van der Waals surface area contributed by atoms with E-state index in [-0.39, 0.29) is 0 Å². The molecule has 0 unspecified atom stereocenters. The topological polar surface area (TPSA) is 35.8 Å². The molecule has 1 saturated carbocycles. The second kappa shape index (κ2) is 4.15. The van der Waals surface area contributed by atoms with E-state index in [0.29, 0.717) is 23.8 Å². The van der Waals surface area contributed by atoms with Crippen LogP contribution in [-0.4, -0.2) is 28.9 Å². The fraction of sp³-hybridized carbons (Fsp3) is 0.500. The molecule has 0 bridgehead atoms. The van der Waals surface area contributed by atoms with Gasteiger partial charge in [0, 0.05) is 31.3 Å². The lowest BCUT2D eigenvalue weighted by molar-refractivity contribution is 0.218. The summed E-state index contributed by atoms with van der Waals surface area (Å²) in [4.78, 5) is 2.53. The lowest BCUT2D eigenvalue weighted by Gasteiger charge is -2.25. The Morgan fingerprint density at radius 3 is 2.76 bits per heavy atom. The summed E-state index contributed by atoms with van der Waals surface area (Å²) in [5.41, 5.74) is 1.38. The Hall–Kier alpha value is -1.35. The third kappa shape index (κ3) is 1.84. The van der Waals surface area contributed by atoms with Crippen LogP contribution in [0.1, 0.15) is 12.5 Å². The van der Waals surface area contributed by atoms with Gasteiger partial charge in [-0.05, 0) is 24.3 Å². The van der Waals surface area contributed by atoms with E-state index in [1.165, 1.54) is 5.56 Å². The minimum atomic E-state index is 0.516. The van der Waals surface area contributed by atoms with E-state index in [2.05, 4.69) is 47.3 Å². The van der Waals surface area contributed by atoms with Gasteiger partial charge in [-0.25, -0.2) is 0 Å². The maximum Gasteiger partial charge on any atom is 0.0473 e. The molecule has 1 N–H and O–H groups in total. The minimum Gasteiger partial charge on any atom is -0.411 e. The molecule has 1 aliphatic heterocycles.